The highest BCUT2D eigenvalue weighted by Crippen LogP contribution is 2.38. The van der Waals surface area contributed by atoms with E-state index >= 15 is 0 Å². The van der Waals surface area contributed by atoms with Gasteiger partial charge in [-0.1, -0.05) is 11.6 Å². The Kier molecular flexibility index (Phi) is 5.20. The van der Waals surface area contributed by atoms with Gasteiger partial charge < -0.3 is 15.0 Å². The van der Waals surface area contributed by atoms with Crippen LogP contribution in [0.3, 0.4) is 0 Å². The van der Waals surface area contributed by atoms with Crippen LogP contribution in [0, 0.1) is 5.82 Å². The first-order valence-corrected chi connectivity index (χ1v) is 8.79. The van der Waals surface area contributed by atoms with Crippen molar-refractivity contribution in [3.8, 4) is 17.1 Å². The molecule has 0 aliphatic heterocycles. The Morgan fingerprint density at radius 1 is 1.07 bits per heavy atom. The summed E-state index contributed by atoms with van der Waals surface area (Å²) in [6, 6.07) is 7.09. The summed E-state index contributed by atoms with van der Waals surface area (Å²) >= 11 is 5.88. The van der Waals surface area contributed by atoms with Crippen LogP contribution in [0.4, 0.5) is 23.2 Å². The predicted molar refractivity (Wildman–Crippen MR) is 101 cm³/mol. The predicted octanol–water partition coefficient (Wildman–Crippen LogP) is 5.19. The van der Waals surface area contributed by atoms with E-state index in [4.69, 9.17) is 22.1 Å². The molecule has 0 unspecified atom stereocenters. The maximum atomic E-state index is 13.4. The minimum Gasteiger partial charge on any atom is -0.478 e. The molecule has 2 N–H and O–H groups in total. The number of nitrogen functional groups attached to an aromatic ring is 1. The molecule has 0 saturated heterocycles. The van der Waals surface area contributed by atoms with Crippen molar-refractivity contribution in [3.05, 3.63) is 58.6 Å². The Hall–Kier alpha value is -2.81. The lowest BCUT2D eigenvalue weighted by atomic mass is 10.1. The number of ether oxygens (including phenoxy) is 1. The molecule has 1 heterocycles. The van der Waals surface area contributed by atoms with E-state index in [9.17, 15) is 17.6 Å². The van der Waals surface area contributed by atoms with Gasteiger partial charge in [-0.25, -0.2) is 4.39 Å². The molecule has 0 spiro atoms. The number of halogens is 5. The van der Waals surface area contributed by atoms with Crippen LogP contribution < -0.4 is 10.5 Å². The van der Waals surface area contributed by atoms with Gasteiger partial charge in [0.05, 0.1) is 11.3 Å². The highest BCUT2D eigenvalue weighted by atomic mass is 35.5. The van der Waals surface area contributed by atoms with Crippen LogP contribution in [0.1, 0.15) is 25.2 Å². The van der Waals surface area contributed by atoms with Crippen LogP contribution in [-0.2, 0) is 18.8 Å². The van der Waals surface area contributed by atoms with Crippen molar-refractivity contribution >= 4 is 17.3 Å². The molecule has 0 atom stereocenters. The largest absolute Gasteiger partial charge is 0.478 e. The van der Waals surface area contributed by atoms with E-state index in [1.54, 1.807) is 26.0 Å². The molecule has 5 nitrogen and oxygen atoms in total. The maximum absolute atomic E-state index is 13.4. The minimum atomic E-state index is -4.76. The summed E-state index contributed by atoms with van der Waals surface area (Å²) in [5.41, 5.74) is 3.68. The summed E-state index contributed by atoms with van der Waals surface area (Å²) in [5, 5.41) is 8.34. The molecule has 0 fully saturated rings. The summed E-state index contributed by atoms with van der Waals surface area (Å²) < 4.78 is 60.8. The summed E-state index contributed by atoms with van der Waals surface area (Å²) in [6.07, 6.45) is -4.76. The van der Waals surface area contributed by atoms with Gasteiger partial charge in [0.15, 0.2) is 17.2 Å². The number of nitrogens with two attached hydrogens (primary N) is 1. The lowest BCUT2D eigenvalue weighted by Crippen LogP contribution is -2.29. The zero-order valence-corrected chi connectivity index (χ0v) is 16.4. The molecule has 10 heteroatoms. The van der Waals surface area contributed by atoms with Crippen molar-refractivity contribution in [2.45, 2.75) is 25.6 Å². The van der Waals surface area contributed by atoms with Crippen molar-refractivity contribution in [1.29, 1.82) is 0 Å². The van der Waals surface area contributed by atoms with Crippen molar-refractivity contribution in [2.75, 3.05) is 5.73 Å². The normalized spacial score (nSPS) is 12.3. The Morgan fingerprint density at radius 2 is 1.76 bits per heavy atom. The lowest BCUT2D eigenvalue weighted by molar-refractivity contribution is -0.137. The monoisotopic (exact) mass is 428 g/mol. The minimum absolute atomic E-state index is 0.0759. The van der Waals surface area contributed by atoms with Gasteiger partial charge >= 0.3 is 6.18 Å². The number of benzene rings is 2. The van der Waals surface area contributed by atoms with Crippen LogP contribution in [-0.4, -0.2) is 14.8 Å². The van der Waals surface area contributed by atoms with Gasteiger partial charge in [0.1, 0.15) is 11.6 Å². The number of rotatable bonds is 4. The molecule has 0 bridgehead atoms. The first kappa shape index (κ1) is 20.9. The number of aromatic nitrogens is 3. The summed E-state index contributed by atoms with van der Waals surface area (Å²) in [6.45, 7) is 3.34. The second-order valence-corrected chi connectivity index (χ2v) is 7.32. The number of alkyl halides is 3. The standard InChI is InChI=1S/C19H17ClF4N4O/c1-18(2,29-15-7-4-10(20)8-14(15)25)17-27-26-16(28(17)3)12-6-5-11(21)9-13(12)19(22,23)24/h4-9H,25H2,1-3H3. The average Bonchev–Trinajstić information content (AvgIpc) is 2.99. The van der Waals surface area contributed by atoms with Crippen molar-refractivity contribution < 1.29 is 22.3 Å². The van der Waals surface area contributed by atoms with Gasteiger partial charge in [-0.15, -0.1) is 10.2 Å². The topological polar surface area (TPSA) is 66.0 Å². The fraction of sp³-hybridized carbons (Fsp3) is 0.263. The highest BCUT2D eigenvalue weighted by Gasteiger charge is 2.37. The molecule has 0 radical (unpaired) electrons. The molecule has 3 aromatic rings. The molecule has 1 aromatic heterocycles. The maximum Gasteiger partial charge on any atom is 0.417 e. The van der Waals surface area contributed by atoms with Crippen LogP contribution in [0.2, 0.25) is 5.02 Å². The number of anilines is 1. The molecular formula is C19H17ClF4N4O. The molecule has 2 aromatic carbocycles. The lowest BCUT2D eigenvalue weighted by Gasteiger charge is -2.26. The van der Waals surface area contributed by atoms with E-state index in [2.05, 4.69) is 10.2 Å². The van der Waals surface area contributed by atoms with E-state index in [-0.39, 0.29) is 17.2 Å². The number of nitrogens with zero attached hydrogens (tertiary/aromatic N) is 3. The second-order valence-electron chi connectivity index (χ2n) is 6.89. The van der Waals surface area contributed by atoms with Gasteiger partial charge in [-0.05, 0) is 50.2 Å². The van der Waals surface area contributed by atoms with Crippen LogP contribution in [0.5, 0.6) is 5.75 Å². The van der Waals surface area contributed by atoms with Gasteiger partial charge in [0.2, 0.25) is 0 Å². The first-order chi connectivity index (χ1) is 13.4. The zero-order chi connectivity index (χ0) is 21.6. The molecule has 154 valence electrons. The zero-order valence-electron chi connectivity index (χ0n) is 15.7. The third kappa shape index (κ3) is 4.14. The van der Waals surface area contributed by atoms with Gasteiger partial charge in [0.25, 0.3) is 0 Å². The van der Waals surface area contributed by atoms with Gasteiger partial charge in [-0.3, -0.25) is 0 Å². The molecule has 3 rings (SSSR count). The summed E-state index contributed by atoms with van der Waals surface area (Å²) in [4.78, 5) is 0. The summed E-state index contributed by atoms with van der Waals surface area (Å²) in [7, 11) is 1.50. The third-order valence-corrected chi connectivity index (χ3v) is 4.51. The fourth-order valence-corrected chi connectivity index (χ4v) is 3.15. The summed E-state index contributed by atoms with van der Waals surface area (Å²) in [5.74, 6) is -0.487. The third-order valence-electron chi connectivity index (χ3n) is 4.28. The number of hydrogen-bond acceptors (Lipinski definition) is 4. The molecule has 29 heavy (non-hydrogen) atoms. The van der Waals surface area contributed by atoms with Crippen LogP contribution in [0.15, 0.2) is 36.4 Å². The molecule has 0 aliphatic carbocycles. The van der Waals surface area contributed by atoms with E-state index in [0.29, 0.717) is 22.5 Å². The van der Waals surface area contributed by atoms with Crippen molar-refractivity contribution in [1.82, 2.24) is 14.8 Å². The fourth-order valence-electron chi connectivity index (χ4n) is 2.97. The molecule has 0 amide bonds. The smallest absolute Gasteiger partial charge is 0.417 e. The Balaban J connectivity index is 2.04. The number of hydrogen-bond donors (Lipinski definition) is 1. The Morgan fingerprint density at radius 3 is 2.38 bits per heavy atom. The molecule has 0 aliphatic rings. The average molecular weight is 429 g/mol. The van der Waals surface area contributed by atoms with E-state index < -0.39 is 23.2 Å². The molecule has 0 saturated carbocycles. The van der Waals surface area contributed by atoms with Gasteiger partial charge in [0, 0.05) is 17.6 Å². The Bertz CT molecular complexity index is 1060. The first-order valence-electron chi connectivity index (χ1n) is 8.41. The second kappa shape index (κ2) is 7.22. The van der Waals surface area contributed by atoms with Crippen LogP contribution in [0.25, 0.3) is 11.4 Å². The van der Waals surface area contributed by atoms with Crippen molar-refractivity contribution in [2.24, 2.45) is 7.05 Å². The van der Waals surface area contributed by atoms with E-state index in [1.807, 2.05) is 0 Å². The van der Waals surface area contributed by atoms with E-state index in [0.717, 1.165) is 12.1 Å². The quantitative estimate of drug-likeness (QED) is 0.459. The van der Waals surface area contributed by atoms with Crippen LogP contribution >= 0.6 is 11.6 Å². The molecular weight excluding hydrogens is 412 g/mol. The van der Waals surface area contributed by atoms with Crippen molar-refractivity contribution in [3.63, 3.8) is 0 Å². The highest BCUT2D eigenvalue weighted by molar-refractivity contribution is 6.30. The van der Waals surface area contributed by atoms with Gasteiger partial charge in [-0.2, -0.15) is 13.2 Å². The SMILES string of the molecule is Cn1c(-c2ccc(F)cc2C(F)(F)F)nnc1C(C)(C)Oc1ccc(Cl)cc1N. The van der Waals surface area contributed by atoms with E-state index in [1.165, 1.54) is 17.7 Å². The Labute approximate surface area is 169 Å².